The smallest absolute Gasteiger partial charge is 0.338 e. The van der Waals surface area contributed by atoms with E-state index >= 15 is 0 Å². The third-order valence-corrected chi connectivity index (χ3v) is 4.21. The van der Waals surface area contributed by atoms with E-state index in [2.05, 4.69) is 5.32 Å². The second-order valence-corrected chi connectivity index (χ2v) is 5.70. The molecule has 0 fully saturated rings. The summed E-state index contributed by atoms with van der Waals surface area (Å²) in [6, 6.07) is 3.50. The fraction of sp³-hybridized carbons (Fsp3) is 0.375. The number of hydrogen-bond acceptors (Lipinski definition) is 6. The van der Waals surface area contributed by atoms with Gasteiger partial charge in [-0.3, -0.25) is 0 Å². The van der Waals surface area contributed by atoms with Crippen molar-refractivity contribution in [3.63, 3.8) is 0 Å². The first kappa shape index (κ1) is 18.0. The fourth-order valence-corrected chi connectivity index (χ4v) is 2.66. The summed E-state index contributed by atoms with van der Waals surface area (Å²) in [7, 11) is 3.25. The normalized spacial score (nSPS) is 17.7. The molecule has 8 heteroatoms. The van der Waals surface area contributed by atoms with Crippen LogP contribution in [0.3, 0.4) is 0 Å². The van der Waals surface area contributed by atoms with Crippen LogP contribution in [-0.2, 0) is 14.3 Å². The molecule has 1 unspecified atom stereocenters. The monoisotopic (exact) mass is 352 g/mol. The molecular formula is C16H20N2O5S. The average molecular weight is 352 g/mol. The van der Waals surface area contributed by atoms with Gasteiger partial charge in [-0.05, 0) is 31.3 Å². The minimum atomic E-state index is -0.677. The Morgan fingerprint density at radius 2 is 2.08 bits per heavy atom. The molecule has 3 N–H and O–H groups in total. The fourth-order valence-electron chi connectivity index (χ4n) is 2.40. The van der Waals surface area contributed by atoms with Crippen molar-refractivity contribution in [2.75, 3.05) is 27.4 Å². The number of carbonyl (C=O) groups is 1. The van der Waals surface area contributed by atoms with E-state index in [9.17, 15) is 15.0 Å². The van der Waals surface area contributed by atoms with Gasteiger partial charge in [0.25, 0.3) is 0 Å². The lowest BCUT2D eigenvalue weighted by Crippen LogP contribution is -2.46. The van der Waals surface area contributed by atoms with Gasteiger partial charge in [0, 0.05) is 31.5 Å². The second kappa shape index (κ2) is 7.50. The first-order valence-electron chi connectivity index (χ1n) is 7.29. The zero-order valence-corrected chi connectivity index (χ0v) is 14.5. The van der Waals surface area contributed by atoms with Crippen molar-refractivity contribution in [2.45, 2.75) is 13.0 Å². The van der Waals surface area contributed by atoms with Crippen molar-refractivity contribution >= 4 is 23.3 Å². The highest BCUT2D eigenvalue weighted by atomic mass is 32.1. The van der Waals surface area contributed by atoms with Crippen LogP contribution in [0, 0.1) is 0 Å². The number of nitrogens with zero attached hydrogens (tertiary/aromatic N) is 1. The molecule has 0 saturated carbocycles. The molecule has 1 atom stereocenters. The minimum Gasteiger partial charge on any atom is -0.508 e. The van der Waals surface area contributed by atoms with Crippen LogP contribution in [-0.4, -0.2) is 53.6 Å². The molecule has 1 heterocycles. The number of ether oxygens (including phenoxy) is 2. The molecule has 24 heavy (non-hydrogen) atoms. The summed E-state index contributed by atoms with van der Waals surface area (Å²) >= 11 is 5.27. The van der Waals surface area contributed by atoms with E-state index in [1.165, 1.54) is 25.3 Å². The first-order valence-corrected chi connectivity index (χ1v) is 7.70. The van der Waals surface area contributed by atoms with Crippen LogP contribution in [0.5, 0.6) is 11.5 Å². The lowest BCUT2D eigenvalue weighted by molar-refractivity contribution is -0.140. The molecule has 7 nitrogen and oxygen atoms in total. The van der Waals surface area contributed by atoms with Gasteiger partial charge in [-0.15, -0.1) is 0 Å². The molecule has 0 aliphatic carbocycles. The number of methoxy groups -OCH3 is 1. The molecule has 0 spiro atoms. The maximum atomic E-state index is 12.5. The summed E-state index contributed by atoms with van der Waals surface area (Å²) in [5.41, 5.74) is 1.38. The number of phenols is 2. The van der Waals surface area contributed by atoms with Crippen molar-refractivity contribution in [1.29, 1.82) is 0 Å². The molecule has 1 aromatic rings. The van der Waals surface area contributed by atoms with E-state index in [-0.39, 0.29) is 24.7 Å². The third kappa shape index (κ3) is 3.60. The average Bonchev–Trinajstić information content (AvgIpc) is 2.52. The summed E-state index contributed by atoms with van der Waals surface area (Å²) in [5, 5.41) is 23.0. The number of nitrogens with one attached hydrogen (secondary N) is 1. The number of aromatic hydroxyl groups is 2. The molecule has 1 aromatic carbocycles. The molecule has 0 amide bonds. The Morgan fingerprint density at radius 3 is 2.71 bits per heavy atom. The number of thiocarbonyl (C=S) groups is 1. The van der Waals surface area contributed by atoms with Gasteiger partial charge in [0.1, 0.15) is 18.1 Å². The molecule has 130 valence electrons. The van der Waals surface area contributed by atoms with E-state index in [4.69, 9.17) is 21.7 Å². The van der Waals surface area contributed by atoms with E-state index in [1.807, 2.05) is 0 Å². The number of esters is 1. The van der Waals surface area contributed by atoms with Crippen molar-refractivity contribution in [1.82, 2.24) is 10.2 Å². The number of hydrogen-bond donors (Lipinski definition) is 3. The largest absolute Gasteiger partial charge is 0.508 e. The van der Waals surface area contributed by atoms with Crippen LogP contribution in [0.2, 0.25) is 0 Å². The molecule has 1 aliphatic heterocycles. The summed E-state index contributed by atoms with van der Waals surface area (Å²) < 4.78 is 10.1. The Bertz CT molecular complexity index is 689. The predicted octanol–water partition coefficient (Wildman–Crippen LogP) is 1.42. The lowest BCUT2D eigenvalue weighted by Gasteiger charge is -2.35. The van der Waals surface area contributed by atoms with E-state index < -0.39 is 12.0 Å². The Morgan fingerprint density at radius 1 is 1.38 bits per heavy atom. The van der Waals surface area contributed by atoms with Crippen LogP contribution in [0.1, 0.15) is 18.5 Å². The van der Waals surface area contributed by atoms with E-state index in [0.717, 1.165) is 0 Å². The van der Waals surface area contributed by atoms with Crippen LogP contribution >= 0.6 is 12.2 Å². The Balaban J connectivity index is 2.43. The van der Waals surface area contributed by atoms with E-state index in [0.29, 0.717) is 21.9 Å². The van der Waals surface area contributed by atoms with Gasteiger partial charge >= 0.3 is 5.97 Å². The SMILES string of the molecule is COCCOC(=O)C1=C(C)N(C)C(=S)NC1c1ccc(O)cc1O. The van der Waals surface area contributed by atoms with Gasteiger partial charge in [0.15, 0.2) is 5.11 Å². The van der Waals surface area contributed by atoms with Crippen LogP contribution in [0.4, 0.5) is 0 Å². The quantitative estimate of drug-likeness (QED) is 0.416. The van der Waals surface area contributed by atoms with Gasteiger partial charge in [0.2, 0.25) is 0 Å². The van der Waals surface area contributed by atoms with Crippen LogP contribution < -0.4 is 5.32 Å². The highest BCUT2D eigenvalue weighted by Gasteiger charge is 2.34. The Kier molecular flexibility index (Phi) is 5.63. The topological polar surface area (TPSA) is 91.3 Å². The highest BCUT2D eigenvalue weighted by Crippen LogP contribution is 2.36. The second-order valence-electron chi connectivity index (χ2n) is 5.31. The molecule has 0 bridgehead atoms. The van der Waals surface area contributed by atoms with Crippen molar-refractivity contribution in [2.24, 2.45) is 0 Å². The van der Waals surface area contributed by atoms with Gasteiger partial charge in [-0.1, -0.05) is 0 Å². The zero-order chi connectivity index (χ0) is 17.9. The summed E-state index contributed by atoms with van der Waals surface area (Å²) in [4.78, 5) is 14.2. The predicted molar refractivity (Wildman–Crippen MR) is 91.5 cm³/mol. The molecule has 2 rings (SSSR count). The number of allylic oxidation sites excluding steroid dienone is 1. The Hall–Kier alpha value is -2.32. The number of carbonyl (C=O) groups excluding carboxylic acids is 1. The number of benzene rings is 1. The molecule has 0 saturated heterocycles. The van der Waals surface area contributed by atoms with Crippen LogP contribution in [0.15, 0.2) is 29.5 Å². The Labute approximate surface area is 145 Å². The maximum absolute atomic E-state index is 12.5. The summed E-state index contributed by atoms with van der Waals surface area (Å²) in [6.07, 6.45) is 0. The lowest BCUT2D eigenvalue weighted by atomic mass is 9.94. The number of phenolic OH excluding ortho intramolecular Hbond substituents is 2. The van der Waals surface area contributed by atoms with Gasteiger partial charge < -0.3 is 29.9 Å². The van der Waals surface area contributed by atoms with E-state index in [1.54, 1.807) is 18.9 Å². The summed E-state index contributed by atoms with van der Waals surface area (Å²) in [5.74, 6) is -0.740. The van der Waals surface area contributed by atoms with Crippen molar-refractivity contribution in [3.8, 4) is 11.5 Å². The maximum Gasteiger partial charge on any atom is 0.338 e. The minimum absolute atomic E-state index is 0.0725. The molecule has 1 aliphatic rings. The van der Waals surface area contributed by atoms with Gasteiger partial charge in [0.05, 0.1) is 18.2 Å². The molecule has 0 radical (unpaired) electrons. The van der Waals surface area contributed by atoms with Crippen molar-refractivity contribution < 1.29 is 24.5 Å². The summed E-state index contributed by atoms with van der Waals surface area (Å²) in [6.45, 7) is 2.16. The molecule has 0 aromatic heterocycles. The third-order valence-electron chi connectivity index (χ3n) is 3.82. The highest BCUT2D eigenvalue weighted by molar-refractivity contribution is 7.80. The van der Waals surface area contributed by atoms with Gasteiger partial charge in [-0.2, -0.15) is 0 Å². The number of rotatable bonds is 5. The van der Waals surface area contributed by atoms with Gasteiger partial charge in [-0.25, -0.2) is 4.79 Å². The zero-order valence-electron chi connectivity index (χ0n) is 13.7. The molecular weight excluding hydrogens is 332 g/mol. The first-order chi connectivity index (χ1) is 11.4. The van der Waals surface area contributed by atoms with Crippen molar-refractivity contribution in [3.05, 3.63) is 35.0 Å². The standard InChI is InChI=1S/C16H20N2O5S/c1-9-13(15(21)23-7-6-22-3)14(17-16(24)18(9)2)11-5-4-10(19)8-12(11)20/h4-5,8,14,19-20H,6-7H2,1-3H3,(H,17,24). The van der Waals surface area contributed by atoms with Crippen LogP contribution in [0.25, 0.3) is 0 Å².